The molecule has 0 amide bonds. The lowest BCUT2D eigenvalue weighted by Gasteiger charge is -2.03. The molecule has 0 aliphatic carbocycles. The third kappa shape index (κ3) is 2.21. The summed E-state index contributed by atoms with van der Waals surface area (Å²) in [7, 11) is 1.57. The van der Waals surface area contributed by atoms with Crippen molar-refractivity contribution in [3.8, 4) is 16.2 Å². The fourth-order valence-electron chi connectivity index (χ4n) is 1.27. The second kappa shape index (κ2) is 4.33. The van der Waals surface area contributed by atoms with Crippen LogP contribution >= 0.6 is 27.3 Å². The highest BCUT2D eigenvalue weighted by atomic mass is 79.9. The molecule has 0 bridgehead atoms. The van der Waals surface area contributed by atoms with Crippen LogP contribution in [-0.2, 0) is 0 Å². The van der Waals surface area contributed by atoms with Crippen LogP contribution in [0.5, 0.6) is 5.75 Å². The molecule has 0 atom stereocenters. The summed E-state index contributed by atoms with van der Waals surface area (Å²) < 4.78 is 19.6. The number of hydrogen-bond donors (Lipinski definition) is 0. The number of methoxy groups -OCH3 is 1. The molecule has 2 rings (SSSR count). The minimum absolute atomic E-state index is 0.231. The maximum absolute atomic E-state index is 13.5. The van der Waals surface area contributed by atoms with Crippen molar-refractivity contribution in [3.05, 3.63) is 39.9 Å². The minimum Gasteiger partial charge on any atom is -0.497 e. The van der Waals surface area contributed by atoms with Gasteiger partial charge in [-0.2, -0.15) is 0 Å². The van der Waals surface area contributed by atoms with Crippen molar-refractivity contribution >= 4 is 27.3 Å². The van der Waals surface area contributed by atoms with Gasteiger partial charge in [0.05, 0.1) is 7.11 Å². The van der Waals surface area contributed by atoms with Gasteiger partial charge in [0.25, 0.3) is 0 Å². The molecular weight excluding hydrogens is 279 g/mol. The predicted molar refractivity (Wildman–Crippen MR) is 64.0 cm³/mol. The maximum atomic E-state index is 13.5. The number of ether oxygens (including phenoxy) is 1. The summed E-state index contributed by atoms with van der Waals surface area (Å²) in [4.78, 5) is 0.887. The first kappa shape index (κ1) is 10.6. The molecule has 0 saturated carbocycles. The SMILES string of the molecule is COc1ccc(F)c(-c2cc(Br)cs2)c1. The Morgan fingerprint density at radius 2 is 2.13 bits per heavy atom. The molecule has 0 fully saturated rings. The van der Waals surface area contributed by atoms with Crippen molar-refractivity contribution in [2.45, 2.75) is 0 Å². The molecule has 1 nitrogen and oxygen atoms in total. The van der Waals surface area contributed by atoms with E-state index in [4.69, 9.17) is 4.74 Å². The van der Waals surface area contributed by atoms with Gasteiger partial charge in [0, 0.05) is 20.3 Å². The summed E-state index contributed by atoms with van der Waals surface area (Å²) >= 11 is 4.84. The van der Waals surface area contributed by atoms with Crippen molar-refractivity contribution in [1.29, 1.82) is 0 Å². The van der Waals surface area contributed by atoms with E-state index in [2.05, 4.69) is 15.9 Å². The molecule has 0 aliphatic rings. The van der Waals surface area contributed by atoms with Gasteiger partial charge >= 0.3 is 0 Å². The van der Waals surface area contributed by atoms with Gasteiger partial charge in [-0.15, -0.1) is 11.3 Å². The van der Waals surface area contributed by atoms with Gasteiger partial charge in [-0.3, -0.25) is 0 Å². The second-order valence-electron chi connectivity index (χ2n) is 2.97. The molecule has 0 aliphatic heterocycles. The third-order valence-corrected chi connectivity index (χ3v) is 3.73. The van der Waals surface area contributed by atoms with Crippen LogP contribution in [0.2, 0.25) is 0 Å². The van der Waals surface area contributed by atoms with E-state index in [1.807, 2.05) is 11.4 Å². The quantitative estimate of drug-likeness (QED) is 0.799. The molecule has 1 heterocycles. The molecule has 1 aromatic heterocycles. The molecule has 0 spiro atoms. The van der Waals surface area contributed by atoms with E-state index < -0.39 is 0 Å². The highest BCUT2D eigenvalue weighted by molar-refractivity contribution is 9.10. The molecule has 1 aromatic carbocycles. The van der Waals surface area contributed by atoms with Crippen molar-refractivity contribution < 1.29 is 9.13 Å². The Morgan fingerprint density at radius 3 is 2.73 bits per heavy atom. The highest BCUT2D eigenvalue weighted by Gasteiger charge is 2.08. The van der Waals surface area contributed by atoms with E-state index in [1.54, 1.807) is 19.2 Å². The van der Waals surface area contributed by atoms with Crippen LogP contribution in [0, 0.1) is 5.82 Å². The fourth-order valence-corrected chi connectivity index (χ4v) is 2.72. The summed E-state index contributed by atoms with van der Waals surface area (Å²) in [6, 6.07) is 6.62. The first-order valence-corrected chi connectivity index (χ1v) is 5.96. The topological polar surface area (TPSA) is 9.23 Å². The average molecular weight is 287 g/mol. The number of halogens is 2. The van der Waals surface area contributed by atoms with Gasteiger partial charge < -0.3 is 4.74 Å². The number of hydrogen-bond acceptors (Lipinski definition) is 2. The lowest BCUT2D eigenvalue weighted by Crippen LogP contribution is -1.86. The third-order valence-electron chi connectivity index (χ3n) is 2.01. The molecule has 78 valence electrons. The van der Waals surface area contributed by atoms with Crippen LogP contribution in [0.15, 0.2) is 34.1 Å². The Balaban J connectivity index is 2.51. The maximum Gasteiger partial charge on any atom is 0.132 e. The van der Waals surface area contributed by atoms with Gasteiger partial charge in [0.1, 0.15) is 11.6 Å². The van der Waals surface area contributed by atoms with Crippen LogP contribution in [0.3, 0.4) is 0 Å². The summed E-state index contributed by atoms with van der Waals surface area (Å²) in [5.74, 6) is 0.432. The normalized spacial score (nSPS) is 10.3. The first-order chi connectivity index (χ1) is 7.20. The number of thiophene rings is 1. The van der Waals surface area contributed by atoms with E-state index in [0.29, 0.717) is 11.3 Å². The van der Waals surface area contributed by atoms with E-state index in [9.17, 15) is 4.39 Å². The Bertz CT molecular complexity index is 481. The largest absolute Gasteiger partial charge is 0.497 e. The van der Waals surface area contributed by atoms with Gasteiger partial charge in [-0.1, -0.05) is 0 Å². The molecule has 2 aromatic rings. The predicted octanol–water partition coefficient (Wildman–Crippen LogP) is 4.33. The molecular formula is C11H8BrFOS. The molecule has 0 saturated heterocycles. The van der Waals surface area contributed by atoms with Crippen LogP contribution in [-0.4, -0.2) is 7.11 Å². The van der Waals surface area contributed by atoms with Crippen LogP contribution in [0.4, 0.5) is 4.39 Å². The number of rotatable bonds is 2. The summed E-state index contributed by atoms with van der Waals surface area (Å²) in [5, 5.41) is 1.92. The zero-order chi connectivity index (χ0) is 10.8. The fraction of sp³-hybridized carbons (Fsp3) is 0.0909. The second-order valence-corrected chi connectivity index (χ2v) is 4.80. The Hall–Kier alpha value is -0.870. The molecule has 0 N–H and O–H groups in total. The standard InChI is InChI=1S/C11H8BrFOS/c1-14-8-2-3-10(13)9(5-8)11-4-7(12)6-15-11/h2-6H,1H3. The zero-order valence-corrected chi connectivity index (χ0v) is 10.4. The van der Waals surface area contributed by atoms with Crippen LogP contribution in [0.25, 0.3) is 10.4 Å². The smallest absolute Gasteiger partial charge is 0.132 e. The number of benzene rings is 1. The van der Waals surface area contributed by atoms with Crippen molar-refractivity contribution in [2.75, 3.05) is 7.11 Å². The van der Waals surface area contributed by atoms with Crippen LogP contribution in [0.1, 0.15) is 0 Å². The Kier molecular flexibility index (Phi) is 3.07. The molecule has 0 radical (unpaired) electrons. The summed E-state index contributed by atoms with van der Waals surface area (Å²) in [6.07, 6.45) is 0. The summed E-state index contributed by atoms with van der Waals surface area (Å²) in [5.41, 5.74) is 0.574. The highest BCUT2D eigenvalue weighted by Crippen LogP contribution is 2.33. The lowest BCUT2D eigenvalue weighted by molar-refractivity contribution is 0.414. The van der Waals surface area contributed by atoms with Gasteiger partial charge in [-0.25, -0.2) is 4.39 Å². The molecule has 0 unspecified atom stereocenters. The first-order valence-electron chi connectivity index (χ1n) is 4.28. The minimum atomic E-state index is -0.231. The van der Waals surface area contributed by atoms with Crippen molar-refractivity contribution in [1.82, 2.24) is 0 Å². The van der Waals surface area contributed by atoms with E-state index in [0.717, 1.165) is 9.35 Å². The average Bonchev–Trinajstić information content (AvgIpc) is 2.65. The van der Waals surface area contributed by atoms with Crippen LogP contribution < -0.4 is 4.74 Å². The Labute approximate surface area is 99.6 Å². The van der Waals surface area contributed by atoms with E-state index >= 15 is 0 Å². The van der Waals surface area contributed by atoms with Gasteiger partial charge in [-0.05, 0) is 40.2 Å². The van der Waals surface area contributed by atoms with Crippen molar-refractivity contribution in [2.24, 2.45) is 0 Å². The monoisotopic (exact) mass is 286 g/mol. The Morgan fingerprint density at radius 1 is 1.33 bits per heavy atom. The van der Waals surface area contributed by atoms with Crippen molar-refractivity contribution in [3.63, 3.8) is 0 Å². The lowest BCUT2D eigenvalue weighted by atomic mass is 10.1. The van der Waals surface area contributed by atoms with Gasteiger partial charge in [0.2, 0.25) is 0 Å². The zero-order valence-electron chi connectivity index (χ0n) is 7.96. The molecule has 15 heavy (non-hydrogen) atoms. The van der Waals surface area contributed by atoms with Gasteiger partial charge in [0.15, 0.2) is 0 Å². The summed E-state index contributed by atoms with van der Waals surface area (Å²) in [6.45, 7) is 0. The molecule has 4 heteroatoms. The van der Waals surface area contributed by atoms with E-state index in [1.165, 1.54) is 17.4 Å². The van der Waals surface area contributed by atoms with E-state index in [-0.39, 0.29) is 5.82 Å².